The monoisotopic (exact) mass is 579 g/mol. The first-order valence-electron chi connectivity index (χ1n) is 16.0. The van der Waals surface area contributed by atoms with Crippen molar-refractivity contribution in [2.75, 3.05) is 46.1 Å². The van der Waals surface area contributed by atoms with Crippen molar-refractivity contribution in [3.05, 3.63) is 102 Å². The topological polar surface area (TPSA) is 48.8 Å². The fourth-order valence-corrected chi connectivity index (χ4v) is 6.61. The molecule has 0 unspecified atom stereocenters. The van der Waals surface area contributed by atoms with Gasteiger partial charge in [-0.3, -0.25) is 4.90 Å². The summed E-state index contributed by atoms with van der Waals surface area (Å²) in [5, 5.41) is 0. The lowest BCUT2D eigenvalue weighted by Gasteiger charge is -2.40. The van der Waals surface area contributed by atoms with E-state index in [1.165, 1.54) is 18.4 Å². The highest BCUT2D eigenvalue weighted by atomic mass is 16.7. The maximum atomic E-state index is 6.67. The fourth-order valence-electron chi connectivity index (χ4n) is 6.61. The van der Waals surface area contributed by atoms with Gasteiger partial charge in [0.1, 0.15) is 0 Å². The standard InChI is InChI=1S/C37H45N3O3/c1-2-20-37(21-12-13-22-39-23-25-41-26-24-39)28-42-36(43-29-37)35-38-33(31-16-8-4-9-17-31)34(32-18-10-5-11-19-32)40(35)27-30-14-6-3-7-15-30/h3-11,14-19,36H,2,12-13,20-29H2,1H3/t36-,37+. The Hall–Kier alpha value is -3.29. The van der Waals surface area contributed by atoms with Gasteiger partial charge < -0.3 is 18.8 Å². The largest absolute Gasteiger partial charge is 0.379 e. The molecule has 0 saturated carbocycles. The predicted octanol–water partition coefficient (Wildman–Crippen LogP) is 7.60. The molecule has 1 aromatic heterocycles. The highest BCUT2D eigenvalue weighted by molar-refractivity contribution is 5.79. The second kappa shape index (κ2) is 14.5. The number of unbranched alkanes of at least 4 members (excludes halogenated alkanes) is 1. The molecule has 4 aromatic rings. The molecular formula is C37H45N3O3. The fraction of sp³-hybridized carbons (Fsp3) is 0.432. The molecule has 226 valence electrons. The zero-order valence-corrected chi connectivity index (χ0v) is 25.5. The van der Waals surface area contributed by atoms with Crippen molar-refractivity contribution in [1.29, 1.82) is 0 Å². The summed E-state index contributed by atoms with van der Waals surface area (Å²) in [6.07, 6.45) is 5.24. The Morgan fingerprint density at radius 1 is 0.767 bits per heavy atom. The molecule has 3 heterocycles. The lowest BCUT2D eigenvalue weighted by molar-refractivity contribution is -0.241. The number of nitrogens with zero attached hydrogens (tertiary/aromatic N) is 3. The number of hydrogen-bond acceptors (Lipinski definition) is 5. The van der Waals surface area contributed by atoms with Crippen LogP contribution in [0.15, 0.2) is 91.0 Å². The third kappa shape index (κ3) is 7.27. The minimum absolute atomic E-state index is 0.0532. The summed E-state index contributed by atoms with van der Waals surface area (Å²) in [6.45, 7) is 9.33. The van der Waals surface area contributed by atoms with E-state index in [9.17, 15) is 0 Å². The Labute approximate surface area is 256 Å². The highest BCUT2D eigenvalue weighted by Crippen LogP contribution is 2.41. The van der Waals surface area contributed by atoms with Crippen LogP contribution in [0.4, 0.5) is 0 Å². The zero-order valence-electron chi connectivity index (χ0n) is 25.5. The van der Waals surface area contributed by atoms with Gasteiger partial charge in [-0.05, 0) is 31.4 Å². The lowest BCUT2D eigenvalue weighted by Crippen LogP contribution is -2.40. The number of aromatic nitrogens is 2. The molecule has 0 spiro atoms. The van der Waals surface area contributed by atoms with Gasteiger partial charge in [0, 0.05) is 36.2 Å². The second-order valence-electron chi connectivity index (χ2n) is 12.1. The van der Waals surface area contributed by atoms with Crippen LogP contribution in [-0.2, 0) is 20.8 Å². The first-order valence-corrected chi connectivity index (χ1v) is 16.0. The molecule has 2 aliphatic rings. The minimum atomic E-state index is -0.512. The van der Waals surface area contributed by atoms with Crippen molar-refractivity contribution < 1.29 is 14.2 Å². The first kappa shape index (κ1) is 29.8. The average Bonchev–Trinajstić information content (AvgIpc) is 3.44. The molecule has 3 aromatic carbocycles. The Morgan fingerprint density at radius 2 is 1.40 bits per heavy atom. The van der Waals surface area contributed by atoms with Gasteiger partial charge in [0.25, 0.3) is 0 Å². The van der Waals surface area contributed by atoms with Gasteiger partial charge >= 0.3 is 0 Å². The van der Waals surface area contributed by atoms with Crippen LogP contribution in [0.1, 0.15) is 56.7 Å². The molecule has 2 aliphatic heterocycles. The second-order valence-corrected chi connectivity index (χ2v) is 12.1. The molecule has 0 bridgehead atoms. The summed E-state index contributed by atoms with van der Waals surface area (Å²) in [4.78, 5) is 7.82. The molecule has 0 N–H and O–H groups in total. The van der Waals surface area contributed by atoms with E-state index in [4.69, 9.17) is 19.2 Å². The van der Waals surface area contributed by atoms with Crippen LogP contribution in [0.2, 0.25) is 0 Å². The van der Waals surface area contributed by atoms with Crippen LogP contribution in [0, 0.1) is 5.41 Å². The molecule has 6 rings (SSSR count). The third-order valence-electron chi connectivity index (χ3n) is 8.88. The Bertz CT molecular complexity index is 1390. The molecule has 6 heteroatoms. The summed E-state index contributed by atoms with van der Waals surface area (Å²) in [7, 11) is 0. The van der Waals surface area contributed by atoms with E-state index in [0.29, 0.717) is 19.8 Å². The van der Waals surface area contributed by atoms with E-state index in [-0.39, 0.29) is 5.41 Å². The number of benzene rings is 3. The van der Waals surface area contributed by atoms with Gasteiger partial charge in [0.15, 0.2) is 5.82 Å². The van der Waals surface area contributed by atoms with Crippen LogP contribution in [-0.4, -0.2) is 60.5 Å². The lowest BCUT2D eigenvalue weighted by atomic mass is 9.79. The molecule has 0 aliphatic carbocycles. The van der Waals surface area contributed by atoms with E-state index in [1.807, 2.05) is 0 Å². The smallest absolute Gasteiger partial charge is 0.217 e. The van der Waals surface area contributed by atoms with Crippen molar-refractivity contribution in [3.8, 4) is 22.5 Å². The molecule has 2 fully saturated rings. The number of ether oxygens (including phenoxy) is 3. The molecule has 0 atom stereocenters. The number of morpholine rings is 1. The van der Waals surface area contributed by atoms with E-state index in [1.54, 1.807) is 0 Å². The van der Waals surface area contributed by atoms with Crippen LogP contribution < -0.4 is 0 Å². The van der Waals surface area contributed by atoms with Gasteiger partial charge in [-0.25, -0.2) is 4.98 Å². The maximum Gasteiger partial charge on any atom is 0.217 e. The Kier molecular flexibility index (Phi) is 10.0. The van der Waals surface area contributed by atoms with Gasteiger partial charge in [-0.2, -0.15) is 0 Å². The maximum absolute atomic E-state index is 6.67. The summed E-state index contributed by atoms with van der Waals surface area (Å²) in [5.41, 5.74) is 5.54. The van der Waals surface area contributed by atoms with Gasteiger partial charge in [-0.1, -0.05) is 111 Å². The predicted molar refractivity (Wildman–Crippen MR) is 172 cm³/mol. The Morgan fingerprint density at radius 3 is 2.05 bits per heavy atom. The summed E-state index contributed by atoms with van der Waals surface area (Å²) in [6, 6.07) is 31.7. The Balaban J connectivity index is 1.26. The summed E-state index contributed by atoms with van der Waals surface area (Å²) >= 11 is 0. The van der Waals surface area contributed by atoms with E-state index < -0.39 is 6.29 Å². The normalized spacial score (nSPS) is 21.2. The molecule has 0 radical (unpaired) electrons. The van der Waals surface area contributed by atoms with Gasteiger partial charge in [0.2, 0.25) is 6.29 Å². The third-order valence-corrected chi connectivity index (χ3v) is 8.88. The summed E-state index contributed by atoms with van der Waals surface area (Å²) < 4.78 is 21.2. The summed E-state index contributed by atoms with van der Waals surface area (Å²) in [5.74, 6) is 0.832. The van der Waals surface area contributed by atoms with Gasteiger partial charge in [0.05, 0.1) is 37.8 Å². The SMILES string of the molecule is CCC[C@]1(CCCCN2CCOCC2)CO[C@@H](c2nc(-c3ccccc3)c(-c3ccccc3)n2Cc2ccccc2)OC1. The van der Waals surface area contributed by atoms with Crippen LogP contribution in [0.5, 0.6) is 0 Å². The van der Waals surface area contributed by atoms with Crippen molar-refractivity contribution in [3.63, 3.8) is 0 Å². The minimum Gasteiger partial charge on any atom is -0.379 e. The molecule has 0 amide bonds. The molecular weight excluding hydrogens is 534 g/mol. The zero-order chi connectivity index (χ0) is 29.3. The number of rotatable bonds is 12. The molecule has 2 saturated heterocycles. The highest BCUT2D eigenvalue weighted by Gasteiger charge is 2.38. The average molecular weight is 580 g/mol. The molecule has 43 heavy (non-hydrogen) atoms. The van der Waals surface area contributed by atoms with E-state index >= 15 is 0 Å². The van der Waals surface area contributed by atoms with E-state index in [0.717, 1.165) is 80.4 Å². The first-order chi connectivity index (χ1) is 21.2. The van der Waals surface area contributed by atoms with Gasteiger partial charge in [-0.15, -0.1) is 0 Å². The van der Waals surface area contributed by atoms with Crippen LogP contribution >= 0.6 is 0 Å². The quantitative estimate of drug-likeness (QED) is 0.162. The van der Waals surface area contributed by atoms with Crippen molar-refractivity contribution in [2.45, 2.75) is 51.9 Å². The van der Waals surface area contributed by atoms with Crippen LogP contribution in [0.25, 0.3) is 22.5 Å². The molecule has 6 nitrogen and oxygen atoms in total. The van der Waals surface area contributed by atoms with Crippen molar-refractivity contribution >= 4 is 0 Å². The van der Waals surface area contributed by atoms with Crippen molar-refractivity contribution in [2.24, 2.45) is 5.41 Å². The van der Waals surface area contributed by atoms with E-state index in [2.05, 4.69) is 107 Å². The number of hydrogen-bond donors (Lipinski definition) is 0. The number of imidazole rings is 1. The van der Waals surface area contributed by atoms with Crippen LogP contribution in [0.3, 0.4) is 0 Å². The van der Waals surface area contributed by atoms with Crippen molar-refractivity contribution in [1.82, 2.24) is 14.5 Å².